The van der Waals surface area contributed by atoms with Crippen molar-refractivity contribution in [1.82, 2.24) is 4.90 Å². The van der Waals surface area contributed by atoms with Crippen molar-refractivity contribution in [2.24, 2.45) is 0 Å². The summed E-state index contributed by atoms with van der Waals surface area (Å²) in [6.45, 7) is 1.66. The van der Waals surface area contributed by atoms with Crippen LogP contribution in [0, 0.1) is 0 Å². The van der Waals surface area contributed by atoms with Gasteiger partial charge in [-0.05, 0) is 31.4 Å². The van der Waals surface area contributed by atoms with Gasteiger partial charge in [-0.15, -0.1) is 0 Å². The van der Waals surface area contributed by atoms with Crippen LogP contribution in [0.5, 0.6) is 0 Å². The summed E-state index contributed by atoms with van der Waals surface area (Å²) in [5.74, 6) is 0.222. The molecule has 0 unspecified atom stereocenters. The van der Waals surface area contributed by atoms with Crippen LogP contribution < -0.4 is 0 Å². The number of likely N-dealkylation sites (tertiary alicyclic amines) is 1. The third-order valence-electron chi connectivity index (χ3n) is 3.11. The van der Waals surface area contributed by atoms with Crippen molar-refractivity contribution < 1.29 is 9.59 Å². The number of halogens is 1. The van der Waals surface area contributed by atoms with Crippen LogP contribution in [0.2, 0.25) is 0 Å². The molecular formula is C14H16BrNO2S. The first-order chi connectivity index (χ1) is 9.16. The number of hydrogen-bond donors (Lipinski definition) is 0. The van der Waals surface area contributed by atoms with E-state index in [2.05, 4.69) is 15.9 Å². The zero-order valence-electron chi connectivity index (χ0n) is 10.6. The van der Waals surface area contributed by atoms with Gasteiger partial charge in [0.2, 0.25) is 0 Å². The molecule has 1 heterocycles. The fourth-order valence-electron chi connectivity index (χ4n) is 2.01. The molecule has 1 aliphatic rings. The molecule has 0 bridgehead atoms. The van der Waals surface area contributed by atoms with Crippen molar-refractivity contribution in [2.45, 2.75) is 19.3 Å². The van der Waals surface area contributed by atoms with Gasteiger partial charge >= 0.3 is 0 Å². The predicted octanol–water partition coefficient (Wildman–Crippen LogP) is 3.97. The molecule has 1 aliphatic heterocycles. The van der Waals surface area contributed by atoms with Gasteiger partial charge in [0.1, 0.15) is 0 Å². The second-order valence-corrected chi connectivity index (χ2v) is 6.37. The first kappa shape index (κ1) is 14.6. The summed E-state index contributed by atoms with van der Waals surface area (Å²) in [4.78, 5) is 25.7. The van der Waals surface area contributed by atoms with Crippen LogP contribution in [-0.2, 0) is 0 Å². The van der Waals surface area contributed by atoms with Crippen molar-refractivity contribution in [3.63, 3.8) is 0 Å². The Morgan fingerprint density at radius 1 is 1.11 bits per heavy atom. The number of amides is 1. The molecule has 0 spiro atoms. The standard InChI is InChI=1S/C14H16BrNO2S/c15-12-6-4-11(5-7-12)13(17)10-19-14(18)16-8-2-1-3-9-16/h4-7H,1-3,8-10H2. The number of Topliss-reactive ketones (excluding diaryl/α,β-unsaturated/α-hetero) is 1. The van der Waals surface area contributed by atoms with E-state index in [1.165, 1.54) is 6.42 Å². The molecule has 1 amide bonds. The van der Waals surface area contributed by atoms with E-state index in [1.54, 1.807) is 12.1 Å². The smallest absolute Gasteiger partial charge is 0.282 e. The minimum absolute atomic E-state index is 0.00265. The summed E-state index contributed by atoms with van der Waals surface area (Å²) < 4.78 is 0.945. The number of hydrogen-bond acceptors (Lipinski definition) is 3. The lowest BCUT2D eigenvalue weighted by molar-refractivity contribution is 0.102. The number of benzene rings is 1. The largest absolute Gasteiger partial charge is 0.334 e. The maximum absolute atomic E-state index is 11.9. The number of carbonyl (C=O) groups excluding carboxylic acids is 2. The normalized spacial score (nSPS) is 15.3. The molecule has 1 aromatic rings. The second kappa shape index (κ2) is 7.10. The number of ketones is 1. The first-order valence-corrected chi connectivity index (χ1v) is 8.15. The van der Waals surface area contributed by atoms with Crippen LogP contribution >= 0.6 is 27.7 Å². The molecule has 2 rings (SSSR count). The molecule has 5 heteroatoms. The molecule has 0 aliphatic carbocycles. The SMILES string of the molecule is O=C(CSC(=O)N1CCCCC1)c1ccc(Br)cc1. The summed E-state index contributed by atoms with van der Waals surface area (Å²) in [7, 11) is 0. The van der Waals surface area contributed by atoms with Crippen LogP contribution in [0.25, 0.3) is 0 Å². The van der Waals surface area contributed by atoms with Gasteiger partial charge in [-0.25, -0.2) is 0 Å². The van der Waals surface area contributed by atoms with Crippen LogP contribution in [0.3, 0.4) is 0 Å². The lowest BCUT2D eigenvalue weighted by Gasteiger charge is -2.25. The molecule has 19 heavy (non-hydrogen) atoms. The van der Waals surface area contributed by atoms with E-state index in [-0.39, 0.29) is 16.8 Å². The Balaban J connectivity index is 1.82. The Morgan fingerprint density at radius 3 is 2.37 bits per heavy atom. The van der Waals surface area contributed by atoms with Gasteiger partial charge < -0.3 is 4.90 Å². The summed E-state index contributed by atoms with van der Waals surface area (Å²) >= 11 is 4.45. The summed E-state index contributed by atoms with van der Waals surface area (Å²) in [6, 6.07) is 7.23. The molecule has 0 radical (unpaired) electrons. The molecule has 1 fully saturated rings. The number of thioether (sulfide) groups is 1. The molecule has 0 aromatic heterocycles. The van der Waals surface area contributed by atoms with E-state index in [1.807, 2.05) is 17.0 Å². The third-order valence-corrected chi connectivity index (χ3v) is 4.55. The zero-order chi connectivity index (χ0) is 13.7. The maximum atomic E-state index is 11.9. The van der Waals surface area contributed by atoms with Gasteiger partial charge in [0.05, 0.1) is 5.75 Å². The van der Waals surface area contributed by atoms with Crippen molar-refractivity contribution >= 4 is 38.7 Å². The molecule has 102 valence electrons. The van der Waals surface area contributed by atoms with Gasteiger partial charge in [0.25, 0.3) is 5.24 Å². The lowest BCUT2D eigenvalue weighted by Crippen LogP contribution is -2.33. The third kappa shape index (κ3) is 4.35. The van der Waals surface area contributed by atoms with Crippen LogP contribution in [0.1, 0.15) is 29.6 Å². The topological polar surface area (TPSA) is 37.4 Å². The van der Waals surface area contributed by atoms with Crippen LogP contribution in [0.4, 0.5) is 4.79 Å². The van der Waals surface area contributed by atoms with Crippen LogP contribution in [-0.4, -0.2) is 34.8 Å². The maximum Gasteiger partial charge on any atom is 0.282 e. The van der Waals surface area contributed by atoms with E-state index < -0.39 is 0 Å². The lowest BCUT2D eigenvalue weighted by atomic mass is 10.1. The van der Waals surface area contributed by atoms with Crippen molar-refractivity contribution in [1.29, 1.82) is 0 Å². The Hall–Kier alpha value is -0.810. The molecule has 3 nitrogen and oxygen atoms in total. The quantitative estimate of drug-likeness (QED) is 0.780. The predicted molar refractivity (Wildman–Crippen MR) is 81.8 cm³/mol. The highest BCUT2D eigenvalue weighted by molar-refractivity contribution is 9.10. The van der Waals surface area contributed by atoms with E-state index in [0.29, 0.717) is 5.56 Å². The number of nitrogens with zero attached hydrogens (tertiary/aromatic N) is 1. The molecule has 0 atom stereocenters. The van der Waals surface area contributed by atoms with E-state index in [0.717, 1.165) is 42.2 Å². The van der Waals surface area contributed by atoms with E-state index in [4.69, 9.17) is 0 Å². The Labute approximate surface area is 125 Å². The Morgan fingerprint density at radius 2 is 1.74 bits per heavy atom. The van der Waals surface area contributed by atoms with Gasteiger partial charge in [-0.2, -0.15) is 0 Å². The van der Waals surface area contributed by atoms with Crippen molar-refractivity contribution in [3.8, 4) is 0 Å². The monoisotopic (exact) mass is 341 g/mol. The van der Waals surface area contributed by atoms with Crippen LogP contribution in [0.15, 0.2) is 28.7 Å². The molecule has 0 N–H and O–H groups in total. The Kier molecular flexibility index (Phi) is 5.45. The average Bonchev–Trinajstić information content (AvgIpc) is 2.46. The van der Waals surface area contributed by atoms with Gasteiger partial charge in [0.15, 0.2) is 5.78 Å². The minimum Gasteiger partial charge on any atom is -0.334 e. The minimum atomic E-state index is 0.00265. The molecule has 1 aromatic carbocycles. The second-order valence-electron chi connectivity index (χ2n) is 4.53. The average molecular weight is 342 g/mol. The Bertz CT molecular complexity index is 455. The molecule has 0 saturated carbocycles. The van der Waals surface area contributed by atoms with Crippen molar-refractivity contribution in [2.75, 3.05) is 18.8 Å². The highest BCUT2D eigenvalue weighted by Crippen LogP contribution is 2.17. The van der Waals surface area contributed by atoms with E-state index >= 15 is 0 Å². The summed E-state index contributed by atoms with van der Waals surface area (Å²) in [5.41, 5.74) is 0.655. The fourth-order valence-corrected chi connectivity index (χ4v) is 3.06. The number of piperidine rings is 1. The zero-order valence-corrected chi connectivity index (χ0v) is 13.0. The molecule has 1 saturated heterocycles. The van der Waals surface area contributed by atoms with Crippen molar-refractivity contribution in [3.05, 3.63) is 34.3 Å². The highest BCUT2D eigenvalue weighted by atomic mass is 79.9. The summed E-state index contributed by atoms with van der Waals surface area (Å²) in [6.07, 6.45) is 3.35. The molecular weight excluding hydrogens is 326 g/mol. The number of rotatable bonds is 3. The van der Waals surface area contributed by atoms with E-state index in [9.17, 15) is 9.59 Å². The fraction of sp³-hybridized carbons (Fsp3) is 0.429. The van der Waals surface area contributed by atoms with Gasteiger partial charge in [0, 0.05) is 23.1 Å². The van der Waals surface area contributed by atoms with Gasteiger partial charge in [-0.3, -0.25) is 9.59 Å². The number of carbonyl (C=O) groups is 2. The summed E-state index contributed by atoms with van der Waals surface area (Å²) in [5, 5.41) is 0.0326. The van der Waals surface area contributed by atoms with Gasteiger partial charge in [-0.1, -0.05) is 39.8 Å². The highest BCUT2D eigenvalue weighted by Gasteiger charge is 2.18. The first-order valence-electron chi connectivity index (χ1n) is 6.37.